The molecule has 1 aromatic carbocycles. The van der Waals surface area contributed by atoms with Gasteiger partial charge in [0, 0.05) is 24.7 Å². The van der Waals surface area contributed by atoms with Gasteiger partial charge in [0.2, 0.25) is 5.91 Å². The first kappa shape index (κ1) is 23.8. The van der Waals surface area contributed by atoms with Crippen molar-refractivity contribution in [3.63, 3.8) is 0 Å². The molecule has 0 spiro atoms. The number of alkyl carbamates (subject to hydrolysis) is 1. The third-order valence-electron chi connectivity index (χ3n) is 4.22. The Balaban J connectivity index is 1.79. The van der Waals surface area contributed by atoms with Gasteiger partial charge in [0.25, 0.3) is 17.7 Å². The van der Waals surface area contributed by atoms with Crippen LogP contribution in [0.5, 0.6) is 0 Å². The van der Waals surface area contributed by atoms with E-state index in [4.69, 9.17) is 4.74 Å². The summed E-state index contributed by atoms with van der Waals surface area (Å²) in [5.41, 5.74) is 0.0594. The van der Waals surface area contributed by atoms with Crippen LogP contribution >= 0.6 is 0 Å². The van der Waals surface area contributed by atoms with Crippen molar-refractivity contribution < 1.29 is 28.7 Å². The maximum absolute atomic E-state index is 12.4. The third kappa shape index (κ3) is 6.27. The van der Waals surface area contributed by atoms with Gasteiger partial charge in [-0.15, -0.1) is 0 Å². The fourth-order valence-corrected chi connectivity index (χ4v) is 2.88. The number of hydrogen-bond donors (Lipinski definition) is 3. The van der Waals surface area contributed by atoms with Crippen molar-refractivity contribution in [1.29, 1.82) is 0 Å². The number of imide groups is 1. The summed E-state index contributed by atoms with van der Waals surface area (Å²) in [6.45, 7) is 8.65. The minimum atomic E-state index is -0.698. The number of benzene rings is 1. The quantitative estimate of drug-likeness (QED) is 0.436. The molecule has 0 saturated carbocycles. The summed E-state index contributed by atoms with van der Waals surface area (Å²) in [6, 6.07) is 4.07. The molecule has 1 aliphatic rings. The second kappa shape index (κ2) is 9.59. The lowest BCUT2D eigenvalue weighted by molar-refractivity contribution is -0.120. The maximum Gasteiger partial charge on any atom is 0.408 e. The van der Waals surface area contributed by atoms with Crippen LogP contribution in [0, 0.1) is 0 Å². The second-order valence-electron chi connectivity index (χ2n) is 8.30. The summed E-state index contributed by atoms with van der Waals surface area (Å²) < 4.78 is 5.02. The number of carbonyl (C=O) groups is 5. The van der Waals surface area contributed by atoms with E-state index in [1.54, 1.807) is 34.6 Å². The highest BCUT2D eigenvalue weighted by Gasteiger charge is 2.37. The van der Waals surface area contributed by atoms with Gasteiger partial charge < -0.3 is 20.7 Å². The summed E-state index contributed by atoms with van der Waals surface area (Å²) >= 11 is 0. The number of fused-ring (bicyclic) bond motifs is 1. The highest BCUT2D eigenvalue weighted by Crippen LogP contribution is 2.25. The van der Waals surface area contributed by atoms with Crippen LogP contribution in [0.1, 0.15) is 65.7 Å². The van der Waals surface area contributed by atoms with Crippen LogP contribution < -0.4 is 16.0 Å². The Labute approximate surface area is 180 Å². The Bertz CT molecular complexity index is 904. The van der Waals surface area contributed by atoms with Crippen molar-refractivity contribution in [1.82, 2.24) is 20.9 Å². The Morgan fingerprint density at radius 3 is 2.19 bits per heavy atom. The van der Waals surface area contributed by atoms with Crippen LogP contribution in [0.2, 0.25) is 0 Å². The molecular weight excluding hydrogens is 404 g/mol. The molecule has 1 aliphatic heterocycles. The molecule has 0 atom stereocenters. The first-order valence-corrected chi connectivity index (χ1v) is 9.94. The fourth-order valence-electron chi connectivity index (χ4n) is 2.88. The number of ether oxygens (including phenoxy) is 1. The average Bonchev–Trinajstić information content (AvgIpc) is 2.92. The summed E-state index contributed by atoms with van der Waals surface area (Å²) in [6.07, 6.45) is -0.698. The van der Waals surface area contributed by atoms with Gasteiger partial charge in [-0.1, -0.05) is 0 Å². The Morgan fingerprint density at radius 2 is 1.58 bits per heavy atom. The van der Waals surface area contributed by atoms with Gasteiger partial charge in [0.1, 0.15) is 5.60 Å². The first-order chi connectivity index (χ1) is 14.4. The molecule has 3 N–H and O–H groups in total. The third-order valence-corrected chi connectivity index (χ3v) is 4.22. The van der Waals surface area contributed by atoms with Crippen molar-refractivity contribution >= 4 is 29.7 Å². The van der Waals surface area contributed by atoms with E-state index >= 15 is 0 Å². The number of nitrogens with zero attached hydrogens (tertiary/aromatic N) is 1. The predicted octanol–water partition coefficient (Wildman–Crippen LogP) is 1.06. The zero-order chi connectivity index (χ0) is 23.3. The van der Waals surface area contributed by atoms with Crippen LogP contribution in [0.4, 0.5) is 4.79 Å². The molecule has 168 valence electrons. The molecule has 1 heterocycles. The molecule has 5 amide bonds. The number of amides is 5. The molecule has 0 saturated heterocycles. The average molecular weight is 432 g/mol. The normalized spacial score (nSPS) is 13.2. The molecule has 31 heavy (non-hydrogen) atoms. The Morgan fingerprint density at radius 1 is 0.968 bits per heavy atom. The highest BCUT2D eigenvalue weighted by molar-refractivity contribution is 6.22. The fraction of sp³-hybridized carbons (Fsp3) is 0.476. The number of carbonyl (C=O) groups excluding carboxylic acids is 5. The van der Waals surface area contributed by atoms with E-state index in [-0.39, 0.29) is 48.3 Å². The van der Waals surface area contributed by atoms with Gasteiger partial charge >= 0.3 is 6.09 Å². The predicted molar refractivity (Wildman–Crippen MR) is 112 cm³/mol. The summed E-state index contributed by atoms with van der Waals surface area (Å²) in [7, 11) is 0. The largest absolute Gasteiger partial charge is 0.444 e. The molecule has 0 radical (unpaired) electrons. The number of rotatable bonds is 7. The molecule has 0 fully saturated rings. The molecule has 10 heteroatoms. The molecular formula is C21H28N4O6. The highest BCUT2D eigenvalue weighted by atomic mass is 16.6. The van der Waals surface area contributed by atoms with E-state index < -0.39 is 29.4 Å². The minimum Gasteiger partial charge on any atom is -0.444 e. The van der Waals surface area contributed by atoms with Crippen molar-refractivity contribution in [2.24, 2.45) is 0 Å². The monoisotopic (exact) mass is 432 g/mol. The minimum absolute atomic E-state index is 0.138. The zero-order valence-corrected chi connectivity index (χ0v) is 18.3. The van der Waals surface area contributed by atoms with Crippen molar-refractivity contribution in [2.75, 3.05) is 19.6 Å². The van der Waals surface area contributed by atoms with E-state index in [0.717, 1.165) is 4.90 Å². The summed E-state index contributed by atoms with van der Waals surface area (Å²) in [5.74, 6) is -1.67. The summed E-state index contributed by atoms with van der Waals surface area (Å²) in [5, 5.41) is 7.51. The van der Waals surface area contributed by atoms with Crippen molar-refractivity contribution in [3.05, 3.63) is 34.9 Å². The molecule has 1 aromatic rings. The number of hydrogen-bond acceptors (Lipinski definition) is 6. The SMILES string of the molecule is CC(C)N1C(=O)c2ccc(C(=O)NCCNC(=O)CNC(=O)OC(C)(C)C)cc2C1=O. The first-order valence-electron chi connectivity index (χ1n) is 9.94. The number of nitrogens with one attached hydrogen (secondary N) is 3. The second-order valence-corrected chi connectivity index (χ2v) is 8.30. The molecule has 0 bridgehead atoms. The van der Waals surface area contributed by atoms with Gasteiger partial charge in [0.15, 0.2) is 0 Å². The van der Waals surface area contributed by atoms with Crippen LogP contribution in [0.3, 0.4) is 0 Å². The van der Waals surface area contributed by atoms with Gasteiger partial charge in [-0.05, 0) is 52.8 Å². The van der Waals surface area contributed by atoms with Crippen LogP contribution in [0.25, 0.3) is 0 Å². The van der Waals surface area contributed by atoms with Crippen molar-refractivity contribution in [2.45, 2.75) is 46.3 Å². The Hall–Kier alpha value is -3.43. The molecule has 0 aromatic heterocycles. The van der Waals surface area contributed by atoms with Crippen molar-refractivity contribution in [3.8, 4) is 0 Å². The van der Waals surface area contributed by atoms with Gasteiger partial charge in [0.05, 0.1) is 17.7 Å². The standard InChI is InChI=1S/C21H28N4O6/c1-12(2)25-18(28)14-7-6-13(10-15(14)19(25)29)17(27)23-9-8-22-16(26)11-24-20(30)31-21(3,4)5/h6-7,10,12H,8-9,11H2,1-5H3,(H,22,26)(H,23,27)(H,24,30). The lowest BCUT2D eigenvalue weighted by Crippen LogP contribution is -2.42. The Kier molecular flexibility index (Phi) is 7.37. The molecule has 0 unspecified atom stereocenters. The summed E-state index contributed by atoms with van der Waals surface area (Å²) in [4.78, 5) is 61.5. The van der Waals surface area contributed by atoms with Crippen LogP contribution in [-0.4, -0.2) is 65.9 Å². The maximum atomic E-state index is 12.4. The van der Waals surface area contributed by atoms with E-state index in [1.807, 2.05) is 0 Å². The lowest BCUT2D eigenvalue weighted by atomic mass is 10.1. The molecule has 0 aliphatic carbocycles. The van der Waals surface area contributed by atoms with Gasteiger partial charge in [-0.2, -0.15) is 0 Å². The van der Waals surface area contributed by atoms with Gasteiger partial charge in [-0.25, -0.2) is 4.79 Å². The van der Waals surface area contributed by atoms with Crippen LogP contribution in [0.15, 0.2) is 18.2 Å². The molecule has 10 nitrogen and oxygen atoms in total. The van der Waals surface area contributed by atoms with Gasteiger partial charge in [-0.3, -0.25) is 24.1 Å². The van der Waals surface area contributed by atoms with E-state index in [0.29, 0.717) is 0 Å². The lowest BCUT2D eigenvalue weighted by Gasteiger charge is -2.19. The van der Waals surface area contributed by atoms with E-state index in [9.17, 15) is 24.0 Å². The van der Waals surface area contributed by atoms with E-state index in [1.165, 1.54) is 18.2 Å². The topological polar surface area (TPSA) is 134 Å². The smallest absolute Gasteiger partial charge is 0.408 e. The van der Waals surface area contributed by atoms with Crippen LogP contribution in [-0.2, 0) is 9.53 Å². The molecule has 2 rings (SSSR count). The van der Waals surface area contributed by atoms with E-state index in [2.05, 4.69) is 16.0 Å². The zero-order valence-electron chi connectivity index (χ0n) is 18.3.